The predicted molar refractivity (Wildman–Crippen MR) is 177 cm³/mol. The molecule has 2 N–H and O–H groups in total. The number of benzene rings is 4. The van der Waals surface area contributed by atoms with E-state index in [4.69, 9.17) is 19.6 Å². The van der Waals surface area contributed by atoms with E-state index >= 15 is 0 Å². The van der Waals surface area contributed by atoms with E-state index in [0.29, 0.717) is 29.4 Å². The molecule has 0 radical (unpaired) electrons. The topological polar surface area (TPSA) is 114 Å². The van der Waals surface area contributed by atoms with Crippen LogP contribution in [-0.4, -0.2) is 49.8 Å². The Morgan fingerprint density at radius 2 is 1.69 bits per heavy atom. The van der Waals surface area contributed by atoms with Crippen LogP contribution < -0.4 is 10.1 Å². The number of aliphatic hydroxyl groups is 1. The van der Waals surface area contributed by atoms with E-state index in [9.17, 15) is 30.8 Å². The van der Waals surface area contributed by atoms with Crippen LogP contribution in [0.2, 0.25) is 0 Å². The third-order valence-electron chi connectivity index (χ3n) is 7.79. The first kappa shape index (κ1) is 36.0. The Bertz CT molecular complexity index is 1910. The first-order chi connectivity index (χ1) is 23.3. The number of carbonyl (C=O) groups excluding carboxylic acids is 1. The normalized spacial score (nSPS) is 17.7. The Morgan fingerprint density at radius 3 is 2.35 bits per heavy atom. The molecule has 4 aromatic rings. The number of aliphatic imine (C=N–C) groups is 1. The van der Waals surface area contributed by atoms with Crippen LogP contribution in [0.5, 0.6) is 5.75 Å². The highest BCUT2D eigenvalue weighted by Crippen LogP contribution is 2.43. The lowest BCUT2D eigenvalue weighted by Crippen LogP contribution is -2.49. The second-order valence-corrected chi connectivity index (χ2v) is 14.3. The molecule has 0 saturated carbocycles. The fourth-order valence-corrected chi connectivity index (χ4v) is 6.95. The van der Waals surface area contributed by atoms with E-state index in [1.165, 1.54) is 12.1 Å². The van der Waals surface area contributed by atoms with Crippen LogP contribution in [0, 0.1) is 5.82 Å². The summed E-state index contributed by atoms with van der Waals surface area (Å²) in [6.07, 6.45) is -5.93. The molecule has 0 spiro atoms. The molecule has 4 aromatic carbocycles. The van der Waals surface area contributed by atoms with Gasteiger partial charge in [-0.15, -0.1) is 0 Å². The fourth-order valence-electron chi connectivity index (χ4n) is 5.30. The Hall–Kier alpha value is -4.27. The molecular formula is C35H31BrF4N2O6S. The van der Waals surface area contributed by atoms with Crippen LogP contribution in [-0.2, 0) is 32.1 Å². The number of carbonyl (C=O) groups is 1. The van der Waals surface area contributed by atoms with E-state index in [1.807, 2.05) is 0 Å². The largest absolute Gasteiger partial charge is 0.494 e. The van der Waals surface area contributed by atoms with E-state index in [0.717, 1.165) is 16.6 Å². The number of ether oxygens (including phenoxy) is 2. The van der Waals surface area contributed by atoms with Crippen LogP contribution in [0.1, 0.15) is 41.2 Å². The van der Waals surface area contributed by atoms with E-state index in [2.05, 4.69) is 21.2 Å². The zero-order valence-electron chi connectivity index (χ0n) is 25.8. The maximum absolute atomic E-state index is 14.3. The minimum absolute atomic E-state index is 0.0206. The van der Waals surface area contributed by atoms with Crippen molar-refractivity contribution in [3.63, 3.8) is 0 Å². The molecule has 49 heavy (non-hydrogen) atoms. The molecule has 1 aliphatic rings. The summed E-state index contributed by atoms with van der Waals surface area (Å²) in [5, 5.41) is 11.6. The van der Waals surface area contributed by atoms with Crippen molar-refractivity contribution in [3.05, 3.63) is 130 Å². The summed E-state index contributed by atoms with van der Waals surface area (Å²) in [4.78, 5) is 19.1. The van der Waals surface area contributed by atoms with Crippen LogP contribution >= 0.6 is 15.9 Å². The summed E-state index contributed by atoms with van der Waals surface area (Å²) in [5.74, 6) is -1.98. The van der Waals surface area contributed by atoms with Crippen molar-refractivity contribution in [2.24, 2.45) is 4.99 Å². The monoisotopic (exact) mass is 762 g/mol. The molecule has 1 heterocycles. The minimum atomic E-state index is -4.82. The highest BCUT2D eigenvalue weighted by atomic mass is 79.9. The highest BCUT2D eigenvalue weighted by Gasteiger charge is 2.53. The lowest BCUT2D eigenvalue weighted by molar-refractivity contribution is -0.137. The molecule has 0 saturated heterocycles. The molecule has 1 amide bonds. The number of halogens is 5. The van der Waals surface area contributed by atoms with Gasteiger partial charge >= 0.3 is 6.18 Å². The fraction of sp³-hybridized carbons (Fsp3) is 0.257. The first-order valence-electron chi connectivity index (χ1n) is 15.1. The molecule has 0 aromatic heterocycles. The van der Waals surface area contributed by atoms with Crippen LogP contribution in [0.3, 0.4) is 0 Å². The summed E-state index contributed by atoms with van der Waals surface area (Å²) in [5.41, 5.74) is -2.39. The van der Waals surface area contributed by atoms with Crippen molar-refractivity contribution in [1.82, 2.24) is 5.32 Å². The maximum atomic E-state index is 14.3. The molecule has 0 bridgehead atoms. The van der Waals surface area contributed by atoms with Crippen molar-refractivity contribution < 1.29 is 45.4 Å². The van der Waals surface area contributed by atoms with Gasteiger partial charge in [0.2, 0.25) is 5.90 Å². The van der Waals surface area contributed by atoms with Gasteiger partial charge in [-0.25, -0.2) is 17.8 Å². The number of rotatable bonds is 13. The van der Waals surface area contributed by atoms with Crippen molar-refractivity contribution in [3.8, 4) is 5.75 Å². The molecule has 258 valence electrons. The maximum Gasteiger partial charge on any atom is 0.416 e. The van der Waals surface area contributed by atoms with Crippen LogP contribution in [0.15, 0.2) is 111 Å². The molecule has 0 unspecified atom stereocenters. The van der Waals surface area contributed by atoms with Crippen molar-refractivity contribution in [1.29, 1.82) is 0 Å². The number of hydrogen-bond acceptors (Lipinski definition) is 7. The second kappa shape index (κ2) is 15.1. The van der Waals surface area contributed by atoms with E-state index in [1.54, 1.807) is 66.7 Å². The Balaban J connectivity index is 1.56. The second-order valence-electron chi connectivity index (χ2n) is 11.3. The molecule has 0 aliphatic carbocycles. The number of alkyl halides is 3. The van der Waals surface area contributed by atoms with Crippen molar-refractivity contribution in [2.45, 2.75) is 42.1 Å². The first-order valence-corrected chi connectivity index (χ1v) is 17.5. The number of sulfone groups is 1. The van der Waals surface area contributed by atoms with E-state index < -0.39 is 57.2 Å². The molecule has 0 fully saturated rings. The predicted octanol–water partition coefficient (Wildman–Crippen LogP) is 6.81. The van der Waals surface area contributed by atoms with Crippen molar-refractivity contribution >= 4 is 37.6 Å². The molecule has 5 rings (SSSR count). The third-order valence-corrected chi connectivity index (χ3v) is 10.1. The van der Waals surface area contributed by atoms with Gasteiger partial charge in [-0.2, -0.15) is 13.2 Å². The zero-order valence-corrected chi connectivity index (χ0v) is 28.2. The third kappa shape index (κ3) is 8.67. The number of hydrogen-bond donors (Lipinski definition) is 2. The molecule has 14 heteroatoms. The standard InChI is InChI=1S/C35H31BrF4N2O6S/c36-27-11-7-24(8-12-27)31-34(15-18-49(45,46)30-5-2-1-3-6-30,33(44)41-22-23-19-26(35(38,39)40)21-28(37)20-23)42-32(48-31)25-9-13-29(14-10-25)47-17-4-16-43/h1-3,5-14,19-21,31,43H,4,15-18,22H2,(H,41,44)/t31-,34-/m1/s1. The summed E-state index contributed by atoms with van der Waals surface area (Å²) >= 11 is 3.38. The van der Waals surface area contributed by atoms with Crippen molar-refractivity contribution in [2.75, 3.05) is 19.0 Å². The highest BCUT2D eigenvalue weighted by molar-refractivity contribution is 9.10. The van der Waals surface area contributed by atoms with Gasteiger partial charge in [0.1, 0.15) is 11.6 Å². The van der Waals surface area contributed by atoms with Gasteiger partial charge in [-0.3, -0.25) is 4.79 Å². The number of amides is 1. The molecular weight excluding hydrogens is 732 g/mol. The van der Waals surface area contributed by atoms with Gasteiger partial charge in [-0.1, -0.05) is 46.3 Å². The lowest BCUT2D eigenvalue weighted by Gasteiger charge is -2.30. The number of nitrogens with one attached hydrogen (secondary N) is 1. The smallest absolute Gasteiger partial charge is 0.416 e. The van der Waals surface area contributed by atoms with Gasteiger partial charge in [-0.05, 0) is 77.9 Å². The van der Waals surface area contributed by atoms with Gasteiger partial charge < -0.3 is 19.9 Å². The minimum Gasteiger partial charge on any atom is -0.494 e. The van der Waals surface area contributed by atoms with E-state index in [-0.39, 0.29) is 36.0 Å². The van der Waals surface area contributed by atoms with Gasteiger partial charge in [0.05, 0.1) is 22.8 Å². The van der Waals surface area contributed by atoms with Crippen LogP contribution in [0.4, 0.5) is 17.6 Å². The van der Waals surface area contributed by atoms with Gasteiger partial charge in [0, 0.05) is 36.0 Å². The molecule has 2 atom stereocenters. The Kier molecular flexibility index (Phi) is 11.1. The molecule has 1 aliphatic heterocycles. The lowest BCUT2D eigenvalue weighted by atomic mass is 9.85. The molecule has 8 nitrogen and oxygen atoms in total. The Morgan fingerprint density at radius 1 is 1.00 bits per heavy atom. The quantitative estimate of drug-likeness (QED) is 0.114. The average molecular weight is 764 g/mol. The zero-order chi connectivity index (χ0) is 35.2. The number of aliphatic hydroxyl groups excluding tert-OH is 1. The van der Waals surface area contributed by atoms with Gasteiger partial charge in [0.15, 0.2) is 21.5 Å². The average Bonchev–Trinajstić information content (AvgIpc) is 3.48. The number of nitrogens with zero attached hydrogens (tertiary/aromatic N) is 1. The van der Waals surface area contributed by atoms with Gasteiger partial charge in [0.25, 0.3) is 5.91 Å². The SMILES string of the molecule is O=C(NCc1cc(F)cc(C(F)(F)F)c1)[C@]1(CCS(=O)(=O)c2ccccc2)N=C(c2ccc(OCCCO)cc2)O[C@@H]1c1ccc(Br)cc1. The summed E-state index contributed by atoms with van der Waals surface area (Å²) in [6.45, 7) is -0.258. The Labute approximate surface area is 288 Å². The summed E-state index contributed by atoms with van der Waals surface area (Å²) in [7, 11) is -3.95. The summed E-state index contributed by atoms with van der Waals surface area (Å²) < 4.78 is 94.1. The van der Waals surface area contributed by atoms with Crippen LogP contribution in [0.25, 0.3) is 0 Å². The summed E-state index contributed by atoms with van der Waals surface area (Å²) in [6, 6.07) is 23.0.